The van der Waals surface area contributed by atoms with Crippen LogP contribution in [0.15, 0.2) is 12.7 Å². The quantitative estimate of drug-likeness (QED) is 0.362. The lowest BCUT2D eigenvalue weighted by atomic mass is 10.4. The van der Waals surface area contributed by atoms with Crippen molar-refractivity contribution in [3.8, 4) is 0 Å². The average molecular weight is 187 g/mol. The maximum atomic E-state index is 11.1. The second-order valence-electron chi connectivity index (χ2n) is 2.55. The molecule has 0 aromatic carbocycles. The monoisotopic (exact) mass is 187 g/mol. The van der Waals surface area contributed by atoms with Gasteiger partial charge in [0, 0.05) is 7.05 Å². The first kappa shape index (κ1) is 12.0. The fourth-order valence-electron chi connectivity index (χ4n) is 0.612. The van der Waals surface area contributed by atoms with Crippen molar-refractivity contribution in [3.63, 3.8) is 0 Å². The zero-order valence-electron chi connectivity index (χ0n) is 8.28. The maximum Gasteiger partial charge on any atom is 0.433 e. The van der Waals surface area contributed by atoms with Crippen LogP contribution in [0.2, 0.25) is 0 Å². The molecule has 76 valence electrons. The molecule has 0 spiro atoms. The topological polar surface area (TPSA) is 38.8 Å². The Morgan fingerprint density at radius 1 is 1.62 bits per heavy atom. The number of hydrogen-bond acceptors (Lipinski definition) is 3. The summed E-state index contributed by atoms with van der Waals surface area (Å²) in [6.07, 6.45) is 2.98. The summed E-state index contributed by atoms with van der Waals surface area (Å²) in [5.41, 5.74) is 0. The Hall–Kier alpha value is -1.03. The molecule has 0 saturated carbocycles. The summed E-state index contributed by atoms with van der Waals surface area (Å²) >= 11 is 0. The van der Waals surface area contributed by atoms with Crippen molar-refractivity contribution in [2.45, 2.75) is 19.8 Å². The Morgan fingerprint density at radius 2 is 2.31 bits per heavy atom. The Labute approximate surface area is 79.1 Å². The van der Waals surface area contributed by atoms with Crippen molar-refractivity contribution >= 4 is 6.09 Å². The van der Waals surface area contributed by atoms with E-state index >= 15 is 0 Å². The predicted molar refractivity (Wildman–Crippen MR) is 50.2 cm³/mol. The number of unbranched alkanes of at least 4 members (excludes halogenated alkanes) is 1. The molecule has 0 atom stereocenters. The van der Waals surface area contributed by atoms with Crippen LogP contribution in [0.1, 0.15) is 19.8 Å². The van der Waals surface area contributed by atoms with Crippen molar-refractivity contribution in [2.75, 3.05) is 20.3 Å². The predicted octanol–water partition coefficient (Wildman–Crippen LogP) is 1.97. The summed E-state index contributed by atoms with van der Waals surface area (Å²) in [5, 5.41) is 1.07. The molecule has 0 aliphatic carbocycles. The molecule has 0 aliphatic rings. The van der Waals surface area contributed by atoms with Gasteiger partial charge in [0.25, 0.3) is 0 Å². The van der Waals surface area contributed by atoms with E-state index in [4.69, 9.17) is 9.57 Å². The fraction of sp³-hybridized carbons (Fsp3) is 0.667. The Morgan fingerprint density at radius 3 is 2.85 bits per heavy atom. The number of carbonyl (C=O) groups excluding carboxylic acids is 1. The highest BCUT2D eigenvalue weighted by Crippen LogP contribution is 1.94. The van der Waals surface area contributed by atoms with Gasteiger partial charge in [0.15, 0.2) is 0 Å². The number of hydrogen-bond donors (Lipinski definition) is 0. The van der Waals surface area contributed by atoms with Crippen LogP contribution in [0, 0.1) is 0 Å². The van der Waals surface area contributed by atoms with Gasteiger partial charge in [0.1, 0.15) is 0 Å². The summed E-state index contributed by atoms with van der Waals surface area (Å²) < 4.78 is 4.87. The molecular formula is C9H17NO3. The first-order chi connectivity index (χ1) is 6.22. The molecule has 0 aromatic rings. The largest absolute Gasteiger partial charge is 0.448 e. The summed E-state index contributed by atoms with van der Waals surface area (Å²) in [6, 6.07) is 0. The molecule has 0 radical (unpaired) electrons. The molecular weight excluding hydrogens is 170 g/mol. The summed E-state index contributed by atoms with van der Waals surface area (Å²) in [7, 11) is 1.51. The third-order valence-corrected chi connectivity index (χ3v) is 1.37. The lowest BCUT2D eigenvalue weighted by Gasteiger charge is -2.14. The van der Waals surface area contributed by atoms with Crippen LogP contribution < -0.4 is 0 Å². The van der Waals surface area contributed by atoms with E-state index in [0.717, 1.165) is 17.9 Å². The van der Waals surface area contributed by atoms with E-state index in [1.165, 1.54) is 7.05 Å². The highest BCUT2D eigenvalue weighted by atomic mass is 16.7. The molecule has 13 heavy (non-hydrogen) atoms. The number of hydroxylamine groups is 2. The van der Waals surface area contributed by atoms with Gasteiger partial charge in [-0.25, -0.2) is 4.79 Å². The molecule has 0 rings (SSSR count). The molecule has 1 amide bonds. The zero-order chi connectivity index (χ0) is 10.1. The van der Waals surface area contributed by atoms with Gasteiger partial charge in [0.05, 0.1) is 13.2 Å². The van der Waals surface area contributed by atoms with Gasteiger partial charge in [-0.1, -0.05) is 19.4 Å². The van der Waals surface area contributed by atoms with Crippen LogP contribution >= 0.6 is 0 Å². The van der Waals surface area contributed by atoms with Crippen LogP contribution in [0.3, 0.4) is 0 Å². The second-order valence-corrected chi connectivity index (χ2v) is 2.55. The molecule has 0 unspecified atom stereocenters. The van der Waals surface area contributed by atoms with Crippen LogP contribution in [0.4, 0.5) is 4.79 Å². The van der Waals surface area contributed by atoms with Gasteiger partial charge >= 0.3 is 6.09 Å². The van der Waals surface area contributed by atoms with Crippen molar-refractivity contribution in [1.29, 1.82) is 0 Å². The van der Waals surface area contributed by atoms with E-state index in [2.05, 4.69) is 6.58 Å². The summed E-state index contributed by atoms with van der Waals surface area (Å²) in [6.45, 7) is 6.24. The number of ether oxygens (including phenoxy) is 1. The Balaban J connectivity index is 3.50. The number of amides is 1. The summed E-state index contributed by atoms with van der Waals surface area (Å²) in [5.74, 6) is 0. The standard InChI is InChI=1S/C9H17NO3/c1-4-6-8-12-9(11)10(3)13-7-5-2/h5H,2,4,6-8H2,1,3H3. The average Bonchev–Trinajstić information content (AvgIpc) is 2.14. The molecule has 0 N–H and O–H groups in total. The van der Waals surface area contributed by atoms with E-state index in [1.807, 2.05) is 6.92 Å². The molecule has 0 heterocycles. The molecule has 0 bridgehead atoms. The van der Waals surface area contributed by atoms with Crippen molar-refractivity contribution in [3.05, 3.63) is 12.7 Å². The van der Waals surface area contributed by atoms with Crippen molar-refractivity contribution in [2.24, 2.45) is 0 Å². The van der Waals surface area contributed by atoms with Crippen molar-refractivity contribution < 1.29 is 14.4 Å². The number of nitrogens with zero attached hydrogens (tertiary/aromatic N) is 1. The van der Waals surface area contributed by atoms with Gasteiger partial charge in [0.2, 0.25) is 0 Å². The first-order valence-corrected chi connectivity index (χ1v) is 4.36. The first-order valence-electron chi connectivity index (χ1n) is 4.36. The molecule has 4 heteroatoms. The zero-order valence-corrected chi connectivity index (χ0v) is 8.28. The molecule has 0 aromatic heterocycles. The second kappa shape index (κ2) is 7.61. The van der Waals surface area contributed by atoms with Gasteiger partial charge in [-0.2, -0.15) is 5.06 Å². The minimum atomic E-state index is -0.463. The number of rotatable bonds is 6. The molecule has 0 fully saturated rings. The van der Waals surface area contributed by atoms with E-state index in [9.17, 15) is 4.79 Å². The third-order valence-electron chi connectivity index (χ3n) is 1.37. The van der Waals surface area contributed by atoms with Crippen LogP contribution in [-0.2, 0) is 9.57 Å². The van der Waals surface area contributed by atoms with E-state index in [-0.39, 0.29) is 0 Å². The lowest BCUT2D eigenvalue weighted by molar-refractivity contribution is -0.107. The smallest absolute Gasteiger partial charge is 0.433 e. The van der Waals surface area contributed by atoms with Gasteiger partial charge in [-0.15, -0.1) is 6.58 Å². The van der Waals surface area contributed by atoms with Crippen LogP contribution in [0.5, 0.6) is 0 Å². The minimum Gasteiger partial charge on any atom is -0.448 e. The Bertz CT molecular complexity index is 159. The SMILES string of the molecule is C=CCON(C)C(=O)OCCCC. The lowest BCUT2D eigenvalue weighted by Crippen LogP contribution is -2.28. The third kappa shape index (κ3) is 6.16. The normalized spacial score (nSPS) is 9.38. The highest BCUT2D eigenvalue weighted by Gasteiger charge is 2.08. The van der Waals surface area contributed by atoms with Crippen LogP contribution in [0.25, 0.3) is 0 Å². The molecule has 0 aliphatic heterocycles. The van der Waals surface area contributed by atoms with Gasteiger partial charge < -0.3 is 4.74 Å². The minimum absolute atomic E-state index is 0.305. The van der Waals surface area contributed by atoms with Gasteiger partial charge in [-0.3, -0.25) is 4.84 Å². The maximum absolute atomic E-state index is 11.1. The highest BCUT2D eigenvalue weighted by molar-refractivity contribution is 5.65. The fourth-order valence-corrected chi connectivity index (χ4v) is 0.612. The van der Waals surface area contributed by atoms with E-state index < -0.39 is 6.09 Å². The molecule has 0 saturated heterocycles. The molecule has 4 nitrogen and oxygen atoms in total. The van der Waals surface area contributed by atoms with Gasteiger partial charge in [-0.05, 0) is 6.42 Å². The van der Waals surface area contributed by atoms with E-state index in [0.29, 0.717) is 13.2 Å². The van der Waals surface area contributed by atoms with E-state index in [1.54, 1.807) is 6.08 Å². The van der Waals surface area contributed by atoms with Crippen molar-refractivity contribution in [1.82, 2.24) is 5.06 Å². The summed E-state index contributed by atoms with van der Waals surface area (Å²) in [4.78, 5) is 16.0. The number of carbonyl (C=O) groups is 1. The van der Waals surface area contributed by atoms with Crippen LogP contribution in [-0.4, -0.2) is 31.4 Å². The Kier molecular flexibility index (Phi) is 7.01.